The molecule has 6 heteroatoms. The molecule has 27 heavy (non-hydrogen) atoms. The van der Waals surface area contributed by atoms with Gasteiger partial charge in [0.15, 0.2) is 6.61 Å². The number of hydrogen-bond acceptors (Lipinski definition) is 4. The highest BCUT2D eigenvalue weighted by Gasteiger charge is 2.20. The predicted octanol–water partition coefficient (Wildman–Crippen LogP) is 2.66. The third-order valence-electron chi connectivity index (χ3n) is 3.93. The van der Waals surface area contributed by atoms with Gasteiger partial charge in [0.05, 0.1) is 0 Å². The highest BCUT2D eigenvalue weighted by atomic mass is 32.2. The lowest BCUT2D eigenvalue weighted by molar-refractivity contribution is -0.130. The number of rotatable bonds is 11. The zero-order valence-electron chi connectivity index (χ0n) is 15.5. The van der Waals surface area contributed by atoms with Gasteiger partial charge < -0.3 is 15.4 Å². The van der Waals surface area contributed by atoms with Crippen molar-refractivity contribution in [3.63, 3.8) is 0 Å². The normalized spacial score (nSPS) is 11.4. The highest BCUT2D eigenvalue weighted by Crippen LogP contribution is 2.08. The van der Waals surface area contributed by atoms with Crippen LogP contribution in [0.4, 0.5) is 0 Å². The number of hydrogen-bond donors (Lipinski definition) is 2. The van der Waals surface area contributed by atoms with Crippen molar-refractivity contribution in [2.75, 3.05) is 25.2 Å². The van der Waals surface area contributed by atoms with Gasteiger partial charge in [-0.25, -0.2) is 0 Å². The van der Waals surface area contributed by atoms with Crippen LogP contribution in [0.3, 0.4) is 0 Å². The van der Waals surface area contributed by atoms with E-state index >= 15 is 0 Å². The highest BCUT2D eigenvalue weighted by molar-refractivity contribution is 7.98. The molecule has 0 aliphatic carbocycles. The van der Waals surface area contributed by atoms with Gasteiger partial charge in [0, 0.05) is 6.54 Å². The summed E-state index contributed by atoms with van der Waals surface area (Å²) in [7, 11) is 0. The molecule has 144 valence electrons. The quantitative estimate of drug-likeness (QED) is 0.623. The summed E-state index contributed by atoms with van der Waals surface area (Å²) in [6.45, 7) is 0.423. The maximum atomic E-state index is 12.5. The Morgan fingerprint density at radius 2 is 1.70 bits per heavy atom. The first-order valence-corrected chi connectivity index (χ1v) is 10.4. The molecule has 2 aromatic carbocycles. The van der Waals surface area contributed by atoms with Gasteiger partial charge in [0.2, 0.25) is 5.91 Å². The first-order valence-electron chi connectivity index (χ1n) is 8.97. The van der Waals surface area contributed by atoms with Crippen LogP contribution in [0.1, 0.15) is 12.0 Å². The Labute approximate surface area is 164 Å². The second-order valence-electron chi connectivity index (χ2n) is 6.03. The number of carbonyl (C=O) groups excluding carboxylic acids is 2. The maximum Gasteiger partial charge on any atom is 0.258 e. The Kier molecular flexibility index (Phi) is 9.27. The summed E-state index contributed by atoms with van der Waals surface area (Å²) in [5, 5.41) is 5.70. The van der Waals surface area contributed by atoms with E-state index < -0.39 is 6.04 Å². The van der Waals surface area contributed by atoms with E-state index in [4.69, 9.17) is 4.74 Å². The molecule has 0 saturated carbocycles. The van der Waals surface area contributed by atoms with Crippen molar-refractivity contribution in [2.24, 2.45) is 0 Å². The molecule has 2 amide bonds. The van der Waals surface area contributed by atoms with E-state index in [0.29, 0.717) is 18.7 Å². The Morgan fingerprint density at radius 1 is 1.04 bits per heavy atom. The van der Waals surface area contributed by atoms with Crippen LogP contribution in [-0.2, 0) is 16.0 Å². The van der Waals surface area contributed by atoms with Crippen LogP contribution in [0.5, 0.6) is 5.75 Å². The molecule has 0 spiro atoms. The van der Waals surface area contributed by atoms with E-state index in [1.54, 1.807) is 23.9 Å². The predicted molar refractivity (Wildman–Crippen MR) is 110 cm³/mol. The maximum absolute atomic E-state index is 12.5. The fourth-order valence-electron chi connectivity index (χ4n) is 2.50. The van der Waals surface area contributed by atoms with Gasteiger partial charge >= 0.3 is 0 Å². The fourth-order valence-corrected chi connectivity index (χ4v) is 2.98. The molecule has 2 rings (SSSR count). The summed E-state index contributed by atoms with van der Waals surface area (Å²) in [4.78, 5) is 24.6. The molecule has 2 N–H and O–H groups in total. The molecule has 5 nitrogen and oxygen atoms in total. The third kappa shape index (κ3) is 8.17. The summed E-state index contributed by atoms with van der Waals surface area (Å²) in [5.74, 6) is 0.952. The Morgan fingerprint density at radius 3 is 2.37 bits per heavy atom. The molecule has 1 atom stereocenters. The number of benzene rings is 2. The van der Waals surface area contributed by atoms with Crippen molar-refractivity contribution >= 4 is 23.6 Å². The van der Waals surface area contributed by atoms with E-state index in [0.717, 1.165) is 12.2 Å². The number of amides is 2. The topological polar surface area (TPSA) is 67.4 Å². The molecule has 0 heterocycles. The summed E-state index contributed by atoms with van der Waals surface area (Å²) >= 11 is 1.64. The van der Waals surface area contributed by atoms with Gasteiger partial charge in [0.1, 0.15) is 11.8 Å². The molecular formula is C21H26N2O3S. The minimum atomic E-state index is -0.555. The van der Waals surface area contributed by atoms with Gasteiger partial charge in [0.25, 0.3) is 5.91 Å². The van der Waals surface area contributed by atoms with E-state index in [2.05, 4.69) is 10.6 Å². The first kappa shape index (κ1) is 20.8. The molecule has 0 saturated heterocycles. The molecule has 0 bridgehead atoms. The molecular weight excluding hydrogens is 360 g/mol. The van der Waals surface area contributed by atoms with Crippen molar-refractivity contribution < 1.29 is 14.3 Å². The van der Waals surface area contributed by atoms with Crippen molar-refractivity contribution in [1.82, 2.24) is 10.6 Å². The monoisotopic (exact) mass is 386 g/mol. The van der Waals surface area contributed by atoms with Gasteiger partial charge in [-0.2, -0.15) is 11.8 Å². The Hall–Kier alpha value is -2.47. The molecule has 0 radical (unpaired) electrons. The summed E-state index contributed by atoms with van der Waals surface area (Å²) in [6, 6.07) is 18.6. The van der Waals surface area contributed by atoms with Crippen LogP contribution in [0, 0.1) is 0 Å². The molecule has 0 fully saturated rings. The lowest BCUT2D eigenvalue weighted by atomic mass is 10.1. The van der Waals surface area contributed by atoms with Crippen LogP contribution in [0.15, 0.2) is 60.7 Å². The molecule has 2 aromatic rings. The van der Waals surface area contributed by atoms with Crippen LogP contribution >= 0.6 is 11.8 Å². The third-order valence-corrected chi connectivity index (χ3v) is 4.58. The number of para-hydroxylation sites is 1. The largest absolute Gasteiger partial charge is 0.484 e. The second kappa shape index (κ2) is 12.0. The fraction of sp³-hybridized carbons (Fsp3) is 0.333. The minimum Gasteiger partial charge on any atom is -0.484 e. The van der Waals surface area contributed by atoms with Crippen LogP contribution in [-0.4, -0.2) is 43.0 Å². The van der Waals surface area contributed by atoms with Gasteiger partial charge in [-0.15, -0.1) is 0 Å². The minimum absolute atomic E-state index is 0.114. The van der Waals surface area contributed by atoms with E-state index in [-0.39, 0.29) is 18.4 Å². The summed E-state index contributed by atoms with van der Waals surface area (Å²) in [6.07, 6.45) is 3.31. The molecule has 0 aliphatic rings. The Bertz CT molecular complexity index is 695. The average molecular weight is 387 g/mol. The van der Waals surface area contributed by atoms with E-state index in [1.807, 2.05) is 54.8 Å². The van der Waals surface area contributed by atoms with Crippen molar-refractivity contribution in [1.29, 1.82) is 0 Å². The van der Waals surface area contributed by atoms with Gasteiger partial charge in [-0.05, 0) is 42.5 Å². The van der Waals surface area contributed by atoms with Gasteiger partial charge in [-0.1, -0.05) is 48.5 Å². The Balaban J connectivity index is 1.79. The molecule has 0 aromatic heterocycles. The lowest BCUT2D eigenvalue weighted by Gasteiger charge is -2.18. The van der Waals surface area contributed by atoms with Crippen molar-refractivity contribution in [3.8, 4) is 5.75 Å². The second-order valence-corrected chi connectivity index (χ2v) is 7.02. The van der Waals surface area contributed by atoms with Crippen LogP contribution in [0.2, 0.25) is 0 Å². The zero-order chi connectivity index (χ0) is 19.3. The number of ether oxygens (including phenoxy) is 1. The van der Waals surface area contributed by atoms with Crippen molar-refractivity contribution in [3.05, 3.63) is 66.2 Å². The first-order chi connectivity index (χ1) is 13.2. The van der Waals surface area contributed by atoms with Gasteiger partial charge in [-0.3, -0.25) is 9.59 Å². The smallest absolute Gasteiger partial charge is 0.258 e. The lowest BCUT2D eigenvalue weighted by Crippen LogP contribution is -2.48. The zero-order valence-corrected chi connectivity index (χ0v) is 16.3. The van der Waals surface area contributed by atoms with Crippen LogP contribution < -0.4 is 15.4 Å². The standard InChI is InChI=1S/C21H26N2O3S/c1-27-15-13-19(21(25)22-14-12-17-8-4-2-5-9-17)23-20(24)16-26-18-10-6-3-7-11-18/h2-11,19H,12-16H2,1H3,(H,22,25)(H,23,24)/t19-/m0/s1. The number of carbonyl (C=O) groups is 2. The summed E-state index contributed by atoms with van der Waals surface area (Å²) in [5.41, 5.74) is 1.17. The molecule has 0 unspecified atom stereocenters. The van der Waals surface area contributed by atoms with E-state index in [9.17, 15) is 9.59 Å². The summed E-state index contributed by atoms with van der Waals surface area (Å²) < 4.78 is 5.44. The number of thioether (sulfide) groups is 1. The average Bonchev–Trinajstić information content (AvgIpc) is 2.71. The van der Waals surface area contributed by atoms with Crippen LogP contribution in [0.25, 0.3) is 0 Å². The van der Waals surface area contributed by atoms with Crippen molar-refractivity contribution in [2.45, 2.75) is 18.9 Å². The number of nitrogens with one attached hydrogen (secondary N) is 2. The SMILES string of the molecule is CSCC[C@H](NC(=O)COc1ccccc1)C(=O)NCCc1ccccc1. The van der Waals surface area contributed by atoms with E-state index in [1.165, 1.54) is 5.56 Å². The molecule has 0 aliphatic heterocycles.